The zero-order chi connectivity index (χ0) is 16.8. The molecule has 6 nitrogen and oxygen atoms in total. The van der Waals surface area contributed by atoms with Gasteiger partial charge in [-0.3, -0.25) is 9.78 Å². The summed E-state index contributed by atoms with van der Waals surface area (Å²) in [6.07, 6.45) is 1.51. The van der Waals surface area contributed by atoms with Crippen LogP contribution in [0.15, 0.2) is 43.1 Å². The molecule has 0 atom stereocenters. The predicted molar refractivity (Wildman–Crippen MR) is 88.9 cm³/mol. The number of benzene rings is 1. The van der Waals surface area contributed by atoms with Gasteiger partial charge in [0, 0.05) is 32.4 Å². The van der Waals surface area contributed by atoms with Crippen LogP contribution in [0, 0.1) is 0 Å². The van der Waals surface area contributed by atoms with Crippen molar-refractivity contribution in [3.8, 4) is 17.2 Å². The Morgan fingerprint density at radius 2 is 1.91 bits per heavy atom. The van der Waals surface area contributed by atoms with E-state index in [4.69, 9.17) is 14.2 Å². The number of carbonyl (C=O) groups is 1. The molecule has 0 spiro atoms. The quantitative estimate of drug-likeness (QED) is 0.829. The smallest absolute Gasteiger partial charge is 0.269 e. The number of amides is 1. The van der Waals surface area contributed by atoms with Gasteiger partial charge in [-0.1, -0.05) is 6.58 Å². The highest BCUT2D eigenvalue weighted by Crippen LogP contribution is 2.30. The summed E-state index contributed by atoms with van der Waals surface area (Å²) in [4.78, 5) is 15.6. The highest BCUT2D eigenvalue weighted by molar-refractivity contribution is 5.92. The first-order valence-electron chi connectivity index (χ1n) is 6.85. The van der Waals surface area contributed by atoms with Gasteiger partial charge in [-0.15, -0.1) is 0 Å². The van der Waals surface area contributed by atoms with E-state index in [-0.39, 0.29) is 13.0 Å². The van der Waals surface area contributed by atoms with Gasteiger partial charge in [-0.2, -0.15) is 0 Å². The highest BCUT2D eigenvalue weighted by atomic mass is 16.5. The molecule has 1 aromatic carbocycles. The topological polar surface area (TPSA) is 69.7 Å². The molecule has 2 rings (SSSR count). The van der Waals surface area contributed by atoms with Crippen LogP contribution in [0.2, 0.25) is 0 Å². The summed E-state index contributed by atoms with van der Waals surface area (Å²) in [5, 5.41) is 2.52. The Bertz CT molecular complexity index is 734. The Morgan fingerprint density at radius 3 is 2.57 bits per heavy atom. The van der Waals surface area contributed by atoms with Crippen LogP contribution in [0.4, 0.5) is 0 Å². The van der Waals surface area contributed by atoms with Crippen LogP contribution in [0.25, 0.3) is 5.76 Å². The first-order valence-corrected chi connectivity index (χ1v) is 6.85. The van der Waals surface area contributed by atoms with Gasteiger partial charge < -0.3 is 19.5 Å². The lowest BCUT2D eigenvalue weighted by Gasteiger charge is -2.12. The normalized spacial score (nSPS) is 9.87. The van der Waals surface area contributed by atoms with Gasteiger partial charge in [0.25, 0.3) is 5.91 Å². The van der Waals surface area contributed by atoms with Crippen molar-refractivity contribution in [2.75, 3.05) is 21.3 Å². The number of pyridine rings is 1. The number of carbonyl (C=O) groups excluding carboxylic acids is 1. The summed E-state index contributed by atoms with van der Waals surface area (Å²) in [6, 6.07) is 8.52. The number of methoxy groups -OCH3 is 2. The molecule has 0 saturated heterocycles. The minimum Gasteiger partial charge on any atom is -0.497 e. The van der Waals surface area contributed by atoms with E-state index in [1.54, 1.807) is 51.6 Å². The molecule has 0 unspecified atom stereocenters. The number of nitrogens with zero attached hydrogens (tertiary/aromatic N) is 1. The van der Waals surface area contributed by atoms with E-state index in [2.05, 4.69) is 16.9 Å². The summed E-state index contributed by atoms with van der Waals surface area (Å²) in [5.74, 6) is 1.84. The lowest BCUT2D eigenvalue weighted by Crippen LogP contribution is -2.18. The number of rotatable bonds is 6. The van der Waals surface area contributed by atoms with Gasteiger partial charge in [0.1, 0.15) is 28.7 Å². The molecule has 0 bridgehead atoms. The van der Waals surface area contributed by atoms with E-state index in [9.17, 15) is 4.79 Å². The molecule has 1 heterocycles. The summed E-state index contributed by atoms with van der Waals surface area (Å²) in [6.45, 7) is 3.82. The van der Waals surface area contributed by atoms with Crippen molar-refractivity contribution in [3.63, 3.8) is 0 Å². The number of nitrogens with one attached hydrogen (secondary N) is 1. The fourth-order valence-electron chi connectivity index (χ4n) is 1.89. The summed E-state index contributed by atoms with van der Waals surface area (Å²) >= 11 is 0. The first kappa shape index (κ1) is 16.4. The average Bonchev–Trinajstić information content (AvgIpc) is 2.60. The van der Waals surface area contributed by atoms with E-state index < -0.39 is 0 Å². The van der Waals surface area contributed by atoms with Gasteiger partial charge in [0.05, 0.1) is 14.2 Å². The van der Waals surface area contributed by atoms with Gasteiger partial charge in [-0.25, -0.2) is 0 Å². The fraction of sp³-hybridized carbons (Fsp3) is 0.176. The molecule has 23 heavy (non-hydrogen) atoms. The van der Waals surface area contributed by atoms with Crippen molar-refractivity contribution in [2.24, 2.45) is 0 Å². The molecule has 6 heteroatoms. The molecule has 0 radical (unpaired) electrons. The Morgan fingerprint density at radius 1 is 1.17 bits per heavy atom. The second kappa shape index (κ2) is 7.31. The van der Waals surface area contributed by atoms with Crippen LogP contribution in [0.1, 0.15) is 17.5 Å². The van der Waals surface area contributed by atoms with Crippen molar-refractivity contribution in [1.29, 1.82) is 0 Å². The molecule has 0 aliphatic rings. The Hall–Kier alpha value is -3.02. The number of hydrogen-bond acceptors (Lipinski definition) is 5. The number of hydrogen-bond donors (Lipinski definition) is 1. The van der Waals surface area contributed by atoms with E-state index in [1.807, 2.05) is 0 Å². The zero-order valence-corrected chi connectivity index (χ0v) is 13.3. The standard InChI is InChI=1S/C17H18N2O4.H2/c1-11(21-3)12-7-14(22-4)9-15(8-12)23-13-5-6-19-16(10-13)17(20)18-2;/h5-10H,1H2,2-4H3,(H,18,20);1H. The van der Waals surface area contributed by atoms with Crippen molar-refractivity contribution in [3.05, 3.63) is 54.4 Å². The fourth-order valence-corrected chi connectivity index (χ4v) is 1.89. The van der Waals surface area contributed by atoms with E-state index in [1.165, 1.54) is 6.20 Å². The van der Waals surface area contributed by atoms with Gasteiger partial charge in [-0.05, 0) is 18.2 Å². The molecule has 0 aliphatic carbocycles. The largest absolute Gasteiger partial charge is 0.497 e. The molecular formula is C17H20N2O4. The molecule has 1 amide bonds. The highest BCUT2D eigenvalue weighted by Gasteiger charge is 2.09. The summed E-state index contributed by atoms with van der Waals surface area (Å²) in [5.41, 5.74) is 1.01. The second-order valence-electron chi connectivity index (χ2n) is 4.58. The predicted octanol–water partition coefficient (Wildman–Crippen LogP) is 3.11. The minimum atomic E-state index is -0.283. The Kier molecular flexibility index (Phi) is 5.19. The molecule has 1 aromatic heterocycles. The van der Waals surface area contributed by atoms with Gasteiger partial charge in [0.15, 0.2) is 0 Å². The Balaban J connectivity index is 0.00000288. The van der Waals surface area contributed by atoms with Crippen molar-refractivity contribution >= 4 is 11.7 Å². The SMILES string of the molecule is C=C(OC)c1cc(OC)cc(Oc2ccnc(C(=O)NC)c2)c1.[HH]. The summed E-state index contributed by atoms with van der Waals surface area (Å²) < 4.78 is 16.2. The lowest BCUT2D eigenvalue weighted by molar-refractivity contribution is 0.0958. The minimum absolute atomic E-state index is 0. The third kappa shape index (κ3) is 4.00. The molecule has 0 aliphatic heterocycles. The van der Waals surface area contributed by atoms with Gasteiger partial charge in [0.2, 0.25) is 0 Å². The molecule has 0 saturated carbocycles. The maximum atomic E-state index is 11.6. The molecule has 2 aromatic rings. The van der Waals surface area contributed by atoms with Crippen LogP contribution in [-0.4, -0.2) is 32.2 Å². The maximum Gasteiger partial charge on any atom is 0.269 e. The second-order valence-corrected chi connectivity index (χ2v) is 4.58. The van der Waals surface area contributed by atoms with Crippen LogP contribution in [0.3, 0.4) is 0 Å². The molecular weight excluding hydrogens is 296 g/mol. The van der Waals surface area contributed by atoms with Crippen LogP contribution < -0.4 is 14.8 Å². The molecule has 0 fully saturated rings. The average molecular weight is 316 g/mol. The molecule has 122 valence electrons. The van der Waals surface area contributed by atoms with E-state index in [0.29, 0.717) is 23.0 Å². The third-order valence-corrected chi connectivity index (χ3v) is 3.11. The first-order chi connectivity index (χ1) is 11.1. The zero-order valence-electron chi connectivity index (χ0n) is 13.3. The van der Waals surface area contributed by atoms with Crippen LogP contribution in [-0.2, 0) is 4.74 Å². The Labute approximate surface area is 136 Å². The van der Waals surface area contributed by atoms with E-state index >= 15 is 0 Å². The molecule has 1 N–H and O–H groups in total. The van der Waals surface area contributed by atoms with Crippen LogP contribution >= 0.6 is 0 Å². The van der Waals surface area contributed by atoms with Crippen molar-refractivity contribution in [2.45, 2.75) is 0 Å². The van der Waals surface area contributed by atoms with E-state index in [0.717, 1.165) is 5.56 Å². The van der Waals surface area contributed by atoms with Crippen LogP contribution in [0.5, 0.6) is 17.2 Å². The monoisotopic (exact) mass is 316 g/mol. The van der Waals surface area contributed by atoms with Gasteiger partial charge >= 0.3 is 0 Å². The van der Waals surface area contributed by atoms with Crippen molar-refractivity contribution < 1.29 is 20.4 Å². The third-order valence-electron chi connectivity index (χ3n) is 3.11. The number of aromatic nitrogens is 1. The summed E-state index contributed by atoms with van der Waals surface area (Å²) in [7, 11) is 4.65. The maximum absolute atomic E-state index is 11.6. The van der Waals surface area contributed by atoms with Crippen molar-refractivity contribution in [1.82, 2.24) is 10.3 Å². The lowest BCUT2D eigenvalue weighted by atomic mass is 10.1. The number of ether oxygens (including phenoxy) is 3.